The third-order valence-corrected chi connectivity index (χ3v) is 8.10. The van der Waals surface area contributed by atoms with Crippen molar-refractivity contribution in [3.8, 4) is 17.2 Å². The van der Waals surface area contributed by atoms with Crippen LogP contribution >= 0.6 is 0 Å². The molecule has 212 valence electrons. The fourth-order valence-corrected chi connectivity index (χ4v) is 5.86. The number of hydrogen-bond donors (Lipinski definition) is 0. The minimum atomic E-state index is -0.131. The average molecular weight is 537 g/mol. The van der Waals surface area contributed by atoms with E-state index in [0.717, 1.165) is 76.4 Å². The smallest absolute Gasteiger partial charge is 0.257 e. The zero-order chi connectivity index (χ0) is 27.6. The first-order chi connectivity index (χ1) is 19.0. The predicted octanol–water partition coefficient (Wildman–Crippen LogP) is 5.89. The van der Waals surface area contributed by atoms with Crippen molar-refractivity contribution in [2.24, 2.45) is 0 Å². The molecule has 7 nitrogen and oxygen atoms in total. The molecular weight excluding hydrogens is 492 g/mol. The highest BCUT2D eigenvalue weighted by molar-refractivity contribution is 5.96. The molecule has 7 heteroatoms. The maximum atomic E-state index is 13.8. The molecule has 1 aliphatic carbocycles. The van der Waals surface area contributed by atoms with Gasteiger partial charge in [-0.25, -0.2) is 0 Å². The molecule has 2 aliphatic rings. The minimum Gasteiger partial charge on any atom is -0.493 e. The van der Waals surface area contributed by atoms with Crippen LogP contribution in [0, 0.1) is 0 Å². The Bertz CT molecular complexity index is 1100. The third kappa shape index (κ3) is 7.46. The molecule has 0 bridgehead atoms. The highest BCUT2D eigenvalue weighted by atomic mass is 16.5. The molecule has 2 amide bonds. The second-order valence-corrected chi connectivity index (χ2v) is 10.8. The lowest BCUT2D eigenvalue weighted by Crippen LogP contribution is -2.51. The van der Waals surface area contributed by atoms with Gasteiger partial charge in [0.15, 0.2) is 11.5 Å². The van der Waals surface area contributed by atoms with Crippen LogP contribution in [0.4, 0.5) is 0 Å². The number of carbonyl (C=O) groups is 2. The third-order valence-electron chi connectivity index (χ3n) is 8.10. The van der Waals surface area contributed by atoms with Crippen molar-refractivity contribution >= 4 is 11.8 Å². The second-order valence-electron chi connectivity index (χ2n) is 10.8. The summed E-state index contributed by atoms with van der Waals surface area (Å²) in [5, 5.41) is 0. The molecule has 4 rings (SSSR count). The van der Waals surface area contributed by atoms with Crippen molar-refractivity contribution < 1.29 is 23.8 Å². The van der Waals surface area contributed by atoms with E-state index in [2.05, 4.69) is 4.90 Å². The van der Waals surface area contributed by atoms with Crippen LogP contribution < -0.4 is 14.2 Å². The average Bonchev–Trinajstić information content (AvgIpc) is 2.97. The standard InChI is InChI=1S/C32H44N2O5/c1-33-21-11-5-4-6-12-22-34(31(35)20-18-24-17-19-29(37-2)30(23-24)38-3)26-14-8-10-16-28(26)39-27-15-9-7-13-25(27)32(33)36/h7,9,13,15,17,19,23,26,28H,4-6,8,10-12,14,16,18,20-22H2,1-3H3/t26-,28+/m1/s1. The quantitative estimate of drug-likeness (QED) is 0.477. The molecule has 1 saturated carbocycles. The first-order valence-corrected chi connectivity index (χ1v) is 14.5. The zero-order valence-corrected chi connectivity index (χ0v) is 23.8. The molecule has 2 aromatic rings. The van der Waals surface area contributed by atoms with Crippen LogP contribution in [0.15, 0.2) is 42.5 Å². The number of benzene rings is 2. The van der Waals surface area contributed by atoms with Gasteiger partial charge < -0.3 is 24.0 Å². The summed E-state index contributed by atoms with van der Waals surface area (Å²) in [7, 11) is 5.13. The van der Waals surface area contributed by atoms with Crippen molar-refractivity contribution in [1.82, 2.24) is 9.80 Å². The van der Waals surface area contributed by atoms with E-state index in [1.165, 1.54) is 0 Å². The van der Waals surface area contributed by atoms with Crippen LogP contribution in [0.5, 0.6) is 17.2 Å². The lowest BCUT2D eigenvalue weighted by Gasteiger charge is -2.40. The van der Waals surface area contributed by atoms with Gasteiger partial charge in [-0.15, -0.1) is 0 Å². The maximum absolute atomic E-state index is 13.8. The van der Waals surface area contributed by atoms with Gasteiger partial charge in [-0.2, -0.15) is 0 Å². The Labute approximate surface area is 233 Å². The van der Waals surface area contributed by atoms with Crippen LogP contribution in [0.1, 0.15) is 80.1 Å². The Morgan fingerprint density at radius 3 is 2.41 bits per heavy atom. The largest absolute Gasteiger partial charge is 0.493 e. The normalized spacial score (nSPS) is 21.1. The van der Waals surface area contributed by atoms with Gasteiger partial charge in [0.25, 0.3) is 5.91 Å². The number of amides is 2. The Morgan fingerprint density at radius 2 is 1.62 bits per heavy atom. The van der Waals surface area contributed by atoms with E-state index in [9.17, 15) is 9.59 Å². The van der Waals surface area contributed by atoms with E-state index < -0.39 is 0 Å². The molecule has 2 aromatic carbocycles. The lowest BCUT2D eigenvalue weighted by molar-refractivity contribution is -0.136. The second kappa shape index (κ2) is 14.2. The summed E-state index contributed by atoms with van der Waals surface area (Å²) >= 11 is 0. The Kier molecular flexibility index (Phi) is 10.5. The fraction of sp³-hybridized carbons (Fsp3) is 0.562. The Balaban J connectivity index is 1.55. The fourth-order valence-electron chi connectivity index (χ4n) is 5.86. The number of carbonyl (C=O) groups excluding carboxylic acids is 2. The summed E-state index contributed by atoms with van der Waals surface area (Å²) in [6, 6.07) is 13.4. The van der Waals surface area contributed by atoms with E-state index in [-0.39, 0.29) is 24.0 Å². The molecule has 0 saturated heterocycles. The molecule has 1 fully saturated rings. The summed E-state index contributed by atoms with van der Waals surface area (Å²) in [4.78, 5) is 31.0. The minimum absolute atomic E-state index is 0.00247. The molecule has 1 aliphatic heterocycles. The molecule has 1 heterocycles. The number of rotatable bonds is 5. The van der Waals surface area contributed by atoms with Gasteiger partial charge in [0, 0.05) is 26.6 Å². The number of fused-ring (bicyclic) bond motifs is 2. The van der Waals surface area contributed by atoms with Gasteiger partial charge >= 0.3 is 0 Å². The number of para-hydroxylation sites is 1. The first-order valence-electron chi connectivity index (χ1n) is 14.5. The van der Waals surface area contributed by atoms with E-state index >= 15 is 0 Å². The van der Waals surface area contributed by atoms with Gasteiger partial charge in [-0.1, -0.05) is 43.9 Å². The van der Waals surface area contributed by atoms with Gasteiger partial charge in [0.1, 0.15) is 11.9 Å². The van der Waals surface area contributed by atoms with Gasteiger partial charge in [-0.3, -0.25) is 9.59 Å². The van der Waals surface area contributed by atoms with Crippen molar-refractivity contribution in [3.63, 3.8) is 0 Å². The summed E-state index contributed by atoms with van der Waals surface area (Å²) in [6.07, 6.45) is 10.1. The maximum Gasteiger partial charge on any atom is 0.257 e. The van der Waals surface area contributed by atoms with Crippen molar-refractivity contribution in [2.45, 2.75) is 82.8 Å². The number of aryl methyl sites for hydroxylation is 1. The number of nitrogens with zero attached hydrogens (tertiary/aromatic N) is 2. The van der Waals surface area contributed by atoms with E-state index in [0.29, 0.717) is 35.7 Å². The number of methoxy groups -OCH3 is 2. The molecule has 39 heavy (non-hydrogen) atoms. The summed E-state index contributed by atoms with van der Waals surface area (Å²) in [5.74, 6) is 2.15. The number of hydrogen-bond acceptors (Lipinski definition) is 5. The summed E-state index contributed by atoms with van der Waals surface area (Å²) in [5.41, 5.74) is 1.65. The highest BCUT2D eigenvalue weighted by Crippen LogP contribution is 2.32. The monoisotopic (exact) mass is 536 g/mol. The van der Waals surface area contributed by atoms with Crippen molar-refractivity contribution in [1.29, 1.82) is 0 Å². The van der Waals surface area contributed by atoms with Crippen molar-refractivity contribution in [2.75, 3.05) is 34.4 Å². The summed E-state index contributed by atoms with van der Waals surface area (Å²) < 4.78 is 17.4. The lowest BCUT2D eigenvalue weighted by atomic mass is 9.90. The van der Waals surface area contributed by atoms with Gasteiger partial charge in [0.2, 0.25) is 5.91 Å². The Morgan fingerprint density at radius 1 is 0.897 bits per heavy atom. The topological polar surface area (TPSA) is 68.3 Å². The molecule has 0 radical (unpaired) electrons. The molecule has 0 spiro atoms. The molecule has 0 unspecified atom stereocenters. The van der Waals surface area contributed by atoms with Crippen molar-refractivity contribution in [3.05, 3.63) is 53.6 Å². The molecule has 0 aromatic heterocycles. The molecular formula is C32H44N2O5. The molecule has 2 atom stereocenters. The van der Waals surface area contributed by atoms with Gasteiger partial charge in [0.05, 0.1) is 25.8 Å². The van der Waals surface area contributed by atoms with Crippen LogP contribution in [0.25, 0.3) is 0 Å². The molecule has 0 N–H and O–H groups in total. The SMILES string of the molecule is COc1ccc(CCC(=O)N2CCCCCCCN(C)C(=O)c3ccccc3O[C@H]3CCCC[C@H]32)cc1OC. The van der Waals surface area contributed by atoms with E-state index in [4.69, 9.17) is 14.2 Å². The Hall–Kier alpha value is -3.22. The van der Waals surface area contributed by atoms with E-state index in [1.807, 2.05) is 54.4 Å². The number of ether oxygens (including phenoxy) is 3. The predicted molar refractivity (Wildman–Crippen MR) is 153 cm³/mol. The zero-order valence-electron chi connectivity index (χ0n) is 23.8. The van der Waals surface area contributed by atoms with Crippen LogP contribution in [-0.4, -0.2) is 68.1 Å². The van der Waals surface area contributed by atoms with Crippen LogP contribution in [-0.2, 0) is 11.2 Å². The van der Waals surface area contributed by atoms with E-state index in [1.54, 1.807) is 14.2 Å². The first kappa shape index (κ1) is 28.8. The van der Waals surface area contributed by atoms with Crippen LogP contribution in [0.3, 0.4) is 0 Å². The van der Waals surface area contributed by atoms with Crippen LogP contribution in [0.2, 0.25) is 0 Å². The highest BCUT2D eigenvalue weighted by Gasteiger charge is 2.35. The summed E-state index contributed by atoms with van der Waals surface area (Å²) in [6.45, 7) is 1.48. The van der Waals surface area contributed by atoms with Gasteiger partial charge in [-0.05, 0) is 68.4 Å².